The predicted molar refractivity (Wildman–Crippen MR) is 117 cm³/mol. The average Bonchev–Trinajstić information content (AvgIpc) is 2.96. The number of hydrogen-bond donors (Lipinski definition) is 2. The first-order valence-electron chi connectivity index (χ1n) is 10.2. The third-order valence-corrected chi connectivity index (χ3v) is 6.68. The molecule has 1 saturated heterocycles. The van der Waals surface area contributed by atoms with Gasteiger partial charge in [0.05, 0.1) is 17.9 Å². The number of anilines is 1. The monoisotopic (exact) mass is 479 g/mol. The Morgan fingerprint density at radius 3 is 2.39 bits per heavy atom. The van der Waals surface area contributed by atoms with Crippen molar-refractivity contribution in [3.8, 4) is 0 Å². The lowest BCUT2D eigenvalue weighted by molar-refractivity contribution is -0.130. The van der Waals surface area contributed by atoms with Crippen molar-refractivity contribution in [2.45, 2.75) is 32.2 Å². The van der Waals surface area contributed by atoms with E-state index in [4.69, 9.17) is 0 Å². The van der Waals surface area contributed by atoms with Crippen molar-refractivity contribution in [2.24, 2.45) is 0 Å². The molecule has 0 saturated carbocycles. The molecule has 1 atom stereocenters. The fourth-order valence-corrected chi connectivity index (χ4v) is 4.68. The normalized spacial score (nSPS) is 18.4. The molecule has 176 valence electrons. The van der Waals surface area contributed by atoms with Crippen molar-refractivity contribution in [3.63, 3.8) is 0 Å². The van der Waals surface area contributed by atoms with Gasteiger partial charge in [-0.1, -0.05) is 25.5 Å². The molecule has 8 nitrogen and oxygen atoms in total. The van der Waals surface area contributed by atoms with Crippen LogP contribution >= 0.6 is 0 Å². The van der Waals surface area contributed by atoms with Crippen LogP contribution in [0.3, 0.4) is 0 Å². The zero-order chi connectivity index (χ0) is 24.4. The Morgan fingerprint density at radius 2 is 1.79 bits per heavy atom. The van der Waals surface area contributed by atoms with Crippen LogP contribution in [0.15, 0.2) is 42.5 Å². The summed E-state index contributed by atoms with van der Waals surface area (Å²) in [5.74, 6) is -3.57. The van der Waals surface area contributed by atoms with E-state index in [1.165, 1.54) is 31.2 Å². The number of unbranched alkanes of at least 4 members (excludes halogenated alkanes) is 1. The van der Waals surface area contributed by atoms with E-state index in [2.05, 4.69) is 10.0 Å². The topological polar surface area (TPSA) is 113 Å². The molecule has 0 radical (unpaired) electrons. The molecule has 0 aliphatic carbocycles. The Morgan fingerprint density at radius 1 is 1.12 bits per heavy atom. The van der Waals surface area contributed by atoms with Gasteiger partial charge < -0.3 is 5.32 Å². The van der Waals surface area contributed by atoms with Crippen LogP contribution in [-0.4, -0.2) is 43.3 Å². The minimum atomic E-state index is -3.50. The van der Waals surface area contributed by atoms with Gasteiger partial charge in [-0.25, -0.2) is 22.0 Å². The fourth-order valence-electron chi connectivity index (χ4n) is 3.42. The summed E-state index contributed by atoms with van der Waals surface area (Å²) in [5.41, 5.74) is -1.29. The van der Waals surface area contributed by atoms with Crippen LogP contribution in [0, 0.1) is 11.6 Å². The van der Waals surface area contributed by atoms with Gasteiger partial charge in [-0.2, -0.15) is 0 Å². The summed E-state index contributed by atoms with van der Waals surface area (Å²) in [6.45, 7) is 2.60. The number of ketones is 1. The molecule has 1 aliphatic heterocycles. The van der Waals surface area contributed by atoms with E-state index in [1.807, 2.05) is 6.92 Å². The van der Waals surface area contributed by atoms with Gasteiger partial charge in [-0.15, -0.1) is 0 Å². The minimum Gasteiger partial charge on any atom is -0.319 e. The van der Waals surface area contributed by atoms with E-state index in [9.17, 15) is 31.6 Å². The van der Waals surface area contributed by atoms with E-state index < -0.39 is 57.0 Å². The van der Waals surface area contributed by atoms with Gasteiger partial charge in [0.25, 0.3) is 5.91 Å². The summed E-state index contributed by atoms with van der Waals surface area (Å²) in [6.07, 6.45) is 1.25. The Bertz CT molecular complexity index is 1200. The van der Waals surface area contributed by atoms with Crippen LogP contribution in [0.2, 0.25) is 0 Å². The summed E-state index contributed by atoms with van der Waals surface area (Å²) in [6, 6.07) is 7.46. The second-order valence-corrected chi connectivity index (χ2v) is 9.69. The molecule has 1 fully saturated rings. The van der Waals surface area contributed by atoms with Crippen molar-refractivity contribution in [1.29, 1.82) is 0 Å². The molecule has 0 aromatic heterocycles. The number of carbonyl (C=O) groups is 3. The number of nitrogens with one attached hydrogen (secondary N) is 2. The van der Waals surface area contributed by atoms with Crippen molar-refractivity contribution in [3.05, 3.63) is 65.2 Å². The van der Waals surface area contributed by atoms with Crippen LogP contribution in [0.4, 0.5) is 19.3 Å². The quantitative estimate of drug-likeness (QED) is 0.424. The van der Waals surface area contributed by atoms with Crippen molar-refractivity contribution in [2.75, 3.05) is 17.0 Å². The summed E-state index contributed by atoms with van der Waals surface area (Å²) < 4.78 is 53.5. The smallest absolute Gasteiger partial charge is 0.319 e. The second-order valence-electron chi connectivity index (χ2n) is 7.85. The first kappa shape index (κ1) is 24.3. The highest BCUT2D eigenvalue weighted by Crippen LogP contribution is 2.30. The van der Waals surface area contributed by atoms with Gasteiger partial charge in [0.15, 0.2) is 5.78 Å². The Labute approximate surface area is 190 Å². The van der Waals surface area contributed by atoms with Gasteiger partial charge >= 0.3 is 6.03 Å². The van der Waals surface area contributed by atoms with Crippen molar-refractivity contribution in [1.82, 2.24) is 10.2 Å². The van der Waals surface area contributed by atoms with E-state index in [0.29, 0.717) is 28.6 Å². The van der Waals surface area contributed by atoms with Crippen LogP contribution < -0.4 is 10.0 Å². The molecule has 33 heavy (non-hydrogen) atoms. The highest BCUT2D eigenvalue weighted by Gasteiger charge is 2.49. The molecular weight excluding hydrogens is 456 g/mol. The lowest BCUT2D eigenvalue weighted by Crippen LogP contribution is -2.41. The number of imide groups is 1. The maximum absolute atomic E-state index is 13.9. The van der Waals surface area contributed by atoms with Gasteiger partial charge in [0.1, 0.15) is 17.2 Å². The number of carbonyl (C=O) groups excluding carboxylic acids is 3. The maximum Gasteiger partial charge on any atom is 0.325 e. The van der Waals surface area contributed by atoms with E-state index >= 15 is 0 Å². The molecule has 2 N–H and O–H groups in total. The number of nitrogens with zero attached hydrogens (tertiary/aromatic N) is 1. The molecule has 1 unspecified atom stereocenters. The van der Waals surface area contributed by atoms with Gasteiger partial charge in [-0.3, -0.25) is 19.2 Å². The minimum absolute atomic E-state index is 0.0187. The van der Waals surface area contributed by atoms with E-state index in [-0.39, 0.29) is 5.75 Å². The number of Topliss-reactive ketones (excluding diaryl/α,β-unsaturated/α-hetero) is 1. The summed E-state index contributed by atoms with van der Waals surface area (Å²) in [7, 11) is -3.50. The number of hydrogen-bond acceptors (Lipinski definition) is 5. The average molecular weight is 480 g/mol. The SMILES string of the molecule is CCCCS(=O)(=O)Nc1ccc(C2(C)NC(=O)N(CC(=O)c3ccc(F)cc3F)C2=O)cc1. The number of sulfonamides is 1. The summed E-state index contributed by atoms with van der Waals surface area (Å²) in [4.78, 5) is 38.5. The van der Waals surface area contributed by atoms with Crippen LogP contribution in [0.1, 0.15) is 42.6 Å². The molecule has 1 aliphatic rings. The Balaban J connectivity index is 1.76. The van der Waals surface area contributed by atoms with Gasteiger partial charge in [0.2, 0.25) is 10.0 Å². The summed E-state index contributed by atoms with van der Waals surface area (Å²) >= 11 is 0. The van der Waals surface area contributed by atoms with Gasteiger partial charge in [0, 0.05) is 11.8 Å². The third-order valence-electron chi connectivity index (χ3n) is 5.31. The van der Waals surface area contributed by atoms with Crippen molar-refractivity contribution < 1.29 is 31.6 Å². The zero-order valence-corrected chi connectivity index (χ0v) is 18.8. The van der Waals surface area contributed by atoms with Crippen LogP contribution in [0.25, 0.3) is 0 Å². The number of urea groups is 1. The Kier molecular flexibility index (Phi) is 6.82. The molecule has 0 bridgehead atoms. The van der Waals surface area contributed by atoms with Crippen LogP contribution in [0.5, 0.6) is 0 Å². The molecule has 3 rings (SSSR count). The standard InChI is InChI=1S/C22H23F2N3O5S/c1-3-4-11-33(31,32)26-16-8-5-14(6-9-16)22(2)20(29)27(21(30)25-22)13-19(28)17-10-7-15(23)12-18(17)24/h5-10,12,26H,3-4,11,13H2,1-2H3,(H,25,30). The molecule has 2 aromatic rings. The first-order chi connectivity index (χ1) is 15.5. The largest absolute Gasteiger partial charge is 0.325 e. The molecule has 0 spiro atoms. The third kappa shape index (κ3) is 5.19. The predicted octanol–water partition coefficient (Wildman–Crippen LogP) is 3.16. The molecule has 3 amide bonds. The second kappa shape index (κ2) is 9.26. The number of rotatable bonds is 9. The molecule has 2 aromatic carbocycles. The van der Waals surface area contributed by atoms with E-state index in [0.717, 1.165) is 18.6 Å². The maximum atomic E-state index is 13.9. The highest BCUT2D eigenvalue weighted by atomic mass is 32.2. The van der Waals surface area contributed by atoms with Crippen molar-refractivity contribution >= 4 is 33.4 Å². The fraction of sp³-hybridized carbons (Fsp3) is 0.318. The highest BCUT2D eigenvalue weighted by molar-refractivity contribution is 7.92. The number of amides is 3. The van der Waals surface area contributed by atoms with E-state index in [1.54, 1.807) is 0 Å². The lowest BCUT2D eigenvalue weighted by atomic mass is 9.92. The first-order valence-corrected chi connectivity index (χ1v) is 11.9. The number of halogens is 2. The summed E-state index contributed by atoms with van der Waals surface area (Å²) in [5, 5.41) is 2.52. The zero-order valence-electron chi connectivity index (χ0n) is 18.0. The molecular formula is C22H23F2N3O5S. The van der Waals surface area contributed by atoms with Gasteiger partial charge in [-0.05, 0) is 43.2 Å². The Hall–Kier alpha value is -3.34. The lowest BCUT2D eigenvalue weighted by Gasteiger charge is -2.22. The molecule has 1 heterocycles. The number of benzene rings is 2. The molecule has 11 heteroatoms. The van der Waals surface area contributed by atoms with Crippen LogP contribution in [-0.2, 0) is 20.4 Å².